The van der Waals surface area contributed by atoms with Gasteiger partial charge in [0, 0.05) is 5.92 Å². The van der Waals surface area contributed by atoms with Crippen molar-refractivity contribution in [3.8, 4) is 0 Å². The lowest BCUT2D eigenvalue weighted by molar-refractivity contribution is -0.0367. The highest BCUT2D eigenvalue weighted by molar-refractivity contribution is 6.80. The summed E-state index contributed by atoms with van der Waals surface area (Å²) in [6.45, 7) is 11.8. The van der Waals surface area contributed by atoms with E-state index in [1.54, 1.807) is 0 Å². The molecule has 1 rings (SSSR count). The van der Waals surface area contributed by atoms with Crippen molar-refractivity contribution < 1.29 is 4.74 Å². The van der Waals surface area contributed by atoms with Gasteiger partial charge in [-0.1, -0.05) is 52.2 Å². The van der Waals surface area contributed by atoms with Crippen LogP contribution in [-0.4, -0.2) is 21.3 Å². The molecule has 0 aromatic heterocycles. The van der Waals surface area contributed by atoms with Gasteiger partial charge >= 0.3 is 0 Å². The first-order valence-corrected chi connectivity index (χ1v) is 9.24. The van der Waals surface area contributed by atoms with Crippen LogP contribution < -0.4 is 0 Å². The second-order valence-electron chi connectivity index (χ2n) is 5.07. The van der Waals surface area contributed by atoms with Crippen molar-refractivity contribution in [1.29, 1.82) is 0 Å². The van der Waals surface area contributed by atoms with Gasteiger partial charge in [0.2, 0.25) is 0 Å². The van der Waals surface area contributed by atoms with E-state index in [2.05, 4.69) is 27.3 Å². The smallest absolute Gasteiger partial charge is 0.0537 e. The lowest BCUT2D eigenvalue weighted by Gasteiger charge is -2.43. The molecule has 0 aromatic carbocycles. The molecule has 2 atom stereocenters. The first kappa shape index (κ1) is 12.2. The molecule has 1 aliphatic heterocycles. The van der Waals surface area contributed by atoms with E-state index < -0.39 is 8.07 Å². The first-order chi connectivity index (χ1) is 6.68. The lowest BCUT2D eigenvalue weighted by Crippen LogP contribution is -2.45. The fourth-order valence-electron chi connectivity index (χ4n) is 3.08. The Kier molecular flexibility index (Phi) is 4.65. The Morgan fingerprint density at radius 2 is 1.93 bits per heavy atom. The van der Waals surface area contributed by atoms with Gasteiger partial charge in [-0.2, -0.15) is 0 Å². The Labute approximate surface area is 90.2 Å². The molecule has 0 aromatic rings. The summed E-state index contributed by atoms with van der Waals surface area (Å²) < 4.78 is 5.36. The van der Waals surface area contributed by atoms with Gasteiger partial charge in [-0.15, -0.1) is 0 Å². The standard InChI is InChI=1S/C12H26OSi/c1-5-8-14(4,7-3)12(6-2)11-9-13-10-11/h11-12H,5-10H2,1-4H3. The molecule has 0 bridgehead atoms. The summed E-state index contributed by atoms with van der Waals surface area (Å²) in [4.78, 5) is 0. The van der Waals surface area contributed by atoms with E-state index in [0.29, 0.717) is 0 Å². The molecule has 0 N–H and O–H groups in total. The van der Waals surface area contributed by atoms with E-state index in [4.69, 9.17) is 4.74 Å². The molecule has 1 nitrogen and oxygen atoms in total. The van der Waals surface area contributed by atoms with Gasteiger partial charge in [0.25, 0.3) is 0 Å². The molecular formula is C12H26OSi. The minimum absolute atomic E-state index is 0.906. The van der Waals surface area contributed by atoms with Crippen molar-refractivity contribution in [2.75, 3.05) is 13.2 Å². The fourth-order valence-corrected chi connectivity index (χ4v) is 7.78. The molecular weight excluding hydrogens is 188 g/mol. The summed E-state index contributed by atoms with van der Waals surface area (Å²) in [6.07, 6.45) is 2.76. The summed E-state index contributed by atoms with van der Waals surface area (Å²) in [5.41, 5.74) is 1.01. The summed E-state index contributed by atoms with van der Waals surface area (Å²) in [6, 6.07) is 2.97. The molecule has 1 heterocycles. The Balaban J connectivity index is 2.61. The molecule has 0 saturated carbocycles. The monoisotopic (exact) mass is 214 g/mol. The quantitative estimate of drug-likeness (QED) is 0.609. The highest BCUT2D eigenvalue weighted by Crippen LogP contribution is 2.41. The number of rotatable bonds is 6. The molecule has 0 spiro atoms. The Hall–Kier alpha value is 0.177. The van der Waals surface area contributed by atoms with Crippen LogP contribution in [-0.2, 0) is 4.74 Å². The number of hydrogen-bond acceptors (Lipinski definition) is 1. The highest BCUT2D eigenvalue weighted by atomic mass is 28.3. The fraction of sp³-hybridized carbons (Fsp3) is 1.00. The van der Waals surface area contributed by atoms with Crippen LogP contribution in [0.3, 0.4) is 0 Å². The maximum atomic E-state index is 5.36. The van der Waals surface area contributed by atoms with Crippen molar-refractivity contribution in [3.63, 3.8) is 0 Å². The third kappa shape index (κ3) is 2.40. The van der Waals surface area contributed by atoms with Crippen molar-refractivity contribution in [2.24, 2.45) is 5.92 Å². The van der Waals surface area contributed by atoms with Crippen LogP contribution in [0.1, 0.15) is 33.6 Å². The number of hydrogen-bond donors (Lipinski definition) is 0. The van der Waals surface area contributed by atoms with Crippen LogP contribution >= 0.6 is 0 Å². The highest BCUT2D eigenvalue weighted by Gasteiger charge is 2.40. The molecule has 1 saturated heterocycles. The Morgan fingerprint density at radius 3 is 2.21 bits per heavy atom. The van der Waals surface area contributed by atoms with Crippen molar-refractivity contribution in [3.05, 3.63) is 0 Å². The molecule has 84 valence electrons. The predicted molar refractivity (Wildman–Crippen MR) is 65.5 cm³/mol. The van der Waals surface area contributed by atoms with Crippen LogP contribution in [0.2, 0.25) is 24.2 Å². The van der Waals surface area contributed by atoms with E-state index >= 15 is 0 Å². The van der Waals surface area contributed by atoms with Gasteiger partial charge in [0.15, 0.2) is 0 Å². The molecule has 2 unspecified atom stereocenters. The SMILES string of the molecule is CCC[Si](C)(CC)C(CC)C1COC1. The van der Waals surface area contributed by atoms with Crippen LogP contribution in [0, 0.1) is 5.92 Å². The minimum Gasteiger partial charge on any atom is -0.381 e. The van der Waals surface area contributed by atoms with Crippen molar-refractivity contribution >= 4 is 8.07 Å². The molecule has 0 amide bonds. The van der Waals surface area contributed by atoms with E-state index in [9.17, 15) is 0 Å². The average molecular weight is 214 g/mol. The summed E-state index contributed by atoms with van der Waals surface area (Å²) in [7, 11) is -0.966. The van der Waals surface area contributed by atoms with E-state index in [1.807, 2.05) is 0 Å². The molecule has 0 aliphatic carbocycles. The number of ether oxygens (including phenoxy) is 1. The predicted octanol–water partition coefficient (Wildman–Crippen LogP) is 3.92. The molecule has 1 aliphatic rings. The first-order valence-electron chi connectivity index (χ1n) is 6.25. The topological polar surface area (TPSA) is 9.23 Å². The van der Waals surface area contributed by atoms with Gasteiger partial charge in [-0.3, -0.25) is 0 Å². The minimum atomic E-state index is -0.966. The second-order valence-corrected chi connectivity index (χ2v) is 10.3. The molecule has 1 fully saturated rings. The van der Waals surface area contributed by atoms with Gasteiger partial charge in [0.1, 0.15) is 0 Å². The van der Waals surface area contributed by atoms with E-state index in [0.717, 1.165) is 24.7 Å². The molecule has 14 heavy (non-hydrogen) atoms. The van der Waals surface area contributed by atoms with Crippen LogP contribution in [0.15, 0.2) is 0 Å². The van der Waals surface area contributed by atoms with Gasteiger partial charge in [0.05, 0.1) is 21.3 Å². The lowest BCUT2D eigenvalue weighted by atomic mass is 10.0. The maximum Gasteiger partial charge on any atom is 0.0537 e. The largest absolute Gasteiger partial charge is 0.381 e. The zero-order chi connectivity index (χ0) is 10.6. The van der Waals surface area contributed by atoms with E-state index in [-0.39, 0.29) is 0 Å². The summed E-state index contributed by atoms with van der Waals surface area (Å²) >= 11 is 0. The third-order valence-electron chi connectivity index (χ3n) is 4.20. The normalized spacial score (nSPS) is 24.0. The average Bonchev–Trinajstić information content (AvgIpc) is 2.11. The van der Waals surface area contributed by atoms with Gasteiger partial charge in [-0.25, -0.2) is 0 Å². The van der Waals surface area contributed by atoms with Gasteiger partial charge in [-0.05, 0) is 5.54 Å². The Morgan fingerprint density at radius 1 is 1.29 bits per heavy atom. The second kappa shape index (κ2) is 5.31. The molecule has 0 radical (unpaired) electrons. The zero-order valence-corrected chi connectivity index (χ0v) is 11.3. The maximum absolute atomic E-state index is 5.36. The summed E-state index contributed by atoms with van der Waals surface area (Å²) in [5.74, 6) is 0.906. The Bertz CT molecular complexity index is 168. The van der Waals surface area contributed by atoms with Crippen LogP contribution in [0.25, 0.3) is 0 Å². The van der Waals surface area contributed by atoms with Crippen molar-refractivity contribution in [1.82, 2.24) is 0 Å². The zero-order valence-electron chi connectivity index (χ0n) is 10.3. The van der Waals surface area contributed by atoms with Gasteiger partial charge < -0.3 is 4.74 Å². The molecule has 2 heteroatoms. The summed E-state index contributed by atoms with van der Waals surface area (Å²) in [5, 5.41) is 0. The van der Waals surface area contributed by atoms with E-state index in [1.165, 1.54) is 24.9 Å². The van der Waals surface area contributed by atoms with Crippen molar-refractivity contribution in [2.45, 2.75) is 57.8 Å². The van der Waals surface area contributed by atoms with Crippen LogP contribution in [0.5, 0.6) is 0 Å². The van der Waals surface area contributed by atoms with Crippen LogP contribution in [0.4, 0.5) is 0 Å². The third-order valence-corrected chi connectivity index (χ3v) is 10.1.